The van der Waals surface area contributed by atoms with Crippen molar-refractivity contribution >= 4 is 5.96 Å². The van der Waals surface area contributed by atoms with Gasteiger partial charge in [-0.05, 0) is 37.1 Å². The molecule has 0 fully saturated rings. The molecule has 0 bridgehead atoms. The van der Waals surface area contributed by atoms with E-state index in [4.69, 9.17) is 5.73 Å². The molecule has 0 radical (unpaired) electrons. The fourth-order valence-corrected chi connectivity index (χ4v) is 1.97. The normalized spacial score (nSPS) is 12.2. The summed E-state index contributed by atoms with van der Waals surface area (Å²) in [6.07, 6.45) is 1.11. The summed E-state index contributed by atoms with van der Waals surface area (Å²) < 4.78 is 0. The molecule has 1 rings (SSSR count). The molecule has 0 heterocycles. The zero-order chi connectivity index (χ0) is 15.7. The second kappa shape index (κ2) is 9.40. The van der Waals surface area contributed by atoms with Crippen molar-refractivity contribution in [3.05, 3.63) is 35.4 Å². The average molecular weight is 290 g/mol. The van der Waals surface area contributed by atoms with Crippen molar-refractivity contribution in [2.45, 2.75) is 40.3 Å². The zero-order valence-corrected chi connectivity index (χ0v) is 13.9. The van der Waals surface area contributed by atoms with Crippen molar-refractivity contribution in [1.82, 2.24) is 10.2 Å². The van der Waals surface area contributed by atoms with Gasteiger partial charge in [-0.25, -0.2) is 4.99 Å². The third-order valence-electron chi connectivity index (χ3n) is 3.44. The highest BCUT2D eigenvalue weighted by atomic mass is 15.1. The van der Waals surface area contributed by atoms with Gasteiger partial charge in [0.15, 0.2) is 5.96 Å². The third kappa shape index (κ3) is 7.71. The van der Waals surface area contributed by atoms with Gasteiger partial charge in [0.25, 0.3) is 0 Å². The molecule has 0 spiro atoms. The summed E-state index contributed by atoms with van der Waals surface area (Å²) in [7, 11) is 2.13. The zero-order valence-electron chi connectivity index (χ0n) is 13.9. The first-order valence-corrected chi connectivity index (χ1v) is 7.81. The lowest BCUT2D eigenvalue weighted by atomic mass is 10.1. The Hall–Kier alpha value is -1.55. The van der Waals surface area contributed by atoms with Crippen LogP contribution in [0.3, 0.4) is 0 Å². The van der Waals surface area contributed by atoms with Crippen molar-refractivity contribution in [2.75, 3.05) is 20.1 Å². The molecule has 0 amide bonds. The number of nitrogens with zero attached hydrogens (tertiary/aromatic N) is 2. The van der Waals surface area contributed by atoms with Crippen LogP contribution in [0.4, 0.5) is 0 Å². The number of benzene rings is 1. The molecule has 0 aromatic heterocycles. The van der Waals surface area contributed by atoms with E-state index in [1.807, 2.05) is 0 Å². The van der Waals surface area contributed by atoms with Crippen LogP contribution in [0.15, 0.2) is 29.3 Å². The predicted molar refractivity (Wildman–Crippen MR) is 91.2 cm³/mol. The number of rotatable bonds is 8. The number of nitrogens with two attached hydrogens (primary N) is 1. The van der Waals surface area contributed by atoms with Gasteiger partial charge in [-0.1, -0.05) is 45.0 Å². The van der Waals surface area contributed by atoms with Crippen LogP contribution in [-0.2, 0) is 13.1 Å². The summed E-state index contributed by atoms with van der Waals surface area (Å²) in [6.45, 7) is 10.1. The summed E-state index contributed by atoms with van der Waals surface area (Å²) in [5, 5.41) is 3.16. The van der Waals surface area contributed by atoms with Gasteiger partial charge in [-0.15, -0.1) is 0 Å². The lowest BCUT2D eigenvalue weighted by Gasteiger charge is -2.14. The molecular weight excluding hydrogens is 260 g/mol. The maximum atomic E-state index is 5.88. The van der Waals surface area contributed by atoms with Crippen LogP contribution in [-0.4, -0.2) is 31.0 Å². The van der Waals surface area contributed by atoms with E-state index in [9.17, 15) is 0 Å². The number of hydrogen-bond acceptors (Lipinski definition) is 2. The number of hydrogen-bond donors (Lipinski definition) is 2. The number of nitrogens with one attached hydrogen (secondary N) is 1. The monoisotopic (exact) mass is 290 g/mol. The average Bonchev–Trinajstić information content (AvgIpc) is 2.45. The van der Waals surface area contributed by atoms with Crippen molar-refractivity contribution in [2.24, 2.45) is 16.6 Å². The maximum absolute atomic E-state index is 5.88. The van der Waals surface area contributed by atoms with Gasteiger partial charge in [-0.2, -0.15) is 0 Å². The summed E-state index contributed by atoms with van der Waals surface area (Å²) in [6, 6.07) is 8.55. The van der Waals surface area contributed by atoms with E-state index in [1.165, 1.54) is 11.1 Å². The third-order valence-corrected chi connectivity index (χ3v) is 3.44. The van der Waals surface area contributed by atoms with Crippen LogP contribution < -0.4 is 11.1 Å². The molecule has 0 saturated carbocycles. The van der Waals surface area contributed by atoms with Gasteiger partial charge in [-0.3, -0.25) is 0 Å². The lowest BCUT2D eigenvalue weighted by Crippen LogP contribution is -2.32. The quantitative estimate of drug-likeness (QED) is 0.571. The van der Waals surface area contributed by atoms with E-state index in [0.29, 0.717) is 18.4 Å². The number of guanidine groups is 1. The second-order valence-corrected chi connectivity index (χ2v) is 5.96. The SMILES string of the molecule is CCN(C)Cc1cccc(CN=C(N)NCCC(C)C)c1. The Balaban J connectivity index is 2.48. The Kier molecular flexibility index (Phi) is 7.83. The minimum Gasteiger partial charge on any atom is -0.370 e. The van der Waals surface area contributed by atoms with Crippen molar-refractivity contribution in [1.29, 1.82) is 0 Å². The minimum atomic E-state index is 0.534. The van der Waals surface area contributed by atoms with E-state index in [2.05, 4.69) is 67.3 Å². The Morgan fingerprint density at radius 2 is 2.05 bits per heavy atom. The number of aliphatic imine (C=N–C) groups is 1. The van der Waals surface area contributed by atoms with E-state index >= 15 is 0 Å². The second-order valence-electron chi connectivity index (χ2n) is 5.96. The Bertz CT molecular complexity index is 440. The fraction of sp³-hybridized carbons (Fsp3) is 0.588. The Labute approximate surface area is 129 Å². The van der Waals surface area contributed by atoms with Crippen molar-refractivity contribution in [3.8, 4) is 0 Å². The largest absolute Gasteiger partial charge is 0.370 e. The van der Waals surface area contributed by atoms with Gasteiger partial charge < -0.3 is 16.0 Å². The van der Waals surface area contributed by atoms with E-state index in [-0.39, 0.29) is 0 Å². The Morgan fingerprint density at radius 3 is 2.71 bits per heavy atom. The van der Waals surface area contributed by atoms with Gasteiger partial charge >= 0.3 is 0 Å². The standard InChI is InChI=1S/C17H30N4/c1-5-21(4)13-16-8-6-7-15(11-16)12-20-17(18)19-10-9-14(2)3/h6-8,11,14H,5,9-10,12-13H2,1-4H3,(H3,18,19,20). The molecule has 4 nitrogen and oxygen atoms in total. The van der Waals surface area contributed by atoms with Crippen molar-refractivity contribution < 1.29 is 0 Å². The molecule has 118 valence electrons. The first-order chi connectivity index (χ1) is 10.0. The molecule has 0 saturated heterocycles. The van der Waals surface area contributed by atoms with E-state index < -0.39 is 0 Å². The molecule has 1 aromatic rings. The van der Waals surface area contributed by atoms with Gasteiger partial charge in [0, 0.05) is 13.1 Å². The molecule has 3 N–H and O–H groups in total. The summed E-state index contributed by atoms with van der Waals surface area (Å²) in [5.74, 6) is 1.21. The molecule has 4 heteroatoms. The van der Waals surface area contributed by atoms with Crippen LogP contribution in [0.2, 0.25) is 0 Å². The molecule has 0 atom stereocenters. The first kappa shape index (κ1) is 17.5. The lowest BCUT2D eigenvalue weighted by molar-refractivity contribution is 0.345. The van der Waals surface area contributed by atoms with Crippen LogP contribution in [0.1, 0.15) is 38.3 Å². The molecule has 0 aliphatic carbocycles. The van der Waals surface area contributed by atoms with Crippen molar-refractivity contribution in [3.63, 3.8) is 0 Å². The minimum absolute atomic E-state index is 0.534. The van der Waals surface area contributed by atoms with Crippen LogP contribution in [0, 0.1) is 5.92 Å². The summed E-state index contributed by atoms with van der Waals surface area (Å²) in [5.41, 5.74) is 8.40. The van der Waals surface area contributed by atoms with Gasteiger partial charge in [0.1, 0.15) is 0 Å². The van der Waals surface area contributed by atoms with Crippen LogP contribution >= 0.6 is 0 Å². The van der Waals surface area contributed by atoms with Gasteiger partial charge in [0.2, 0.25) is 0 Å². The van der Waals surface area contributed by atoms with E-state index in [1.54, 1.807) is 0 Å². The topological polar surface area (TPSA) is 53.6 Å². The molecule has 21 heavy (non-hydrogen) atoms. The van der Waals surface area contributed by atoms with Gasteiger partial charge in [0.05, 0.1) is 6.54 Å². The molecule has 0 aliphatic rings. The molecular formula is C17H30N4. The highest BCUT2D eigenvalue weighted by Crippen LogP contribution is 2.08. The van der Waals surface area contributed by atoms with E-state index in [0.717, 1.165) is 26.1 Å². The van der Waals surface area contributed by atoms with Crippen LogP contribution in [0.5, 0.6) is 0 Å². The van der Waals surface area contributed by atoms with Crippen LogP contribution in [0.25, 0.3) is 0 Å². The fourth-order valence-electron chi connectivity index (χ4n) is 1.97. The smallest absolute Gasteiger partial charge is 0.188 e. The summed E-state index contributed by atoms with van der Waals surface area (Å²) >= 11 is 0. The maximum Gasteiger partial charge on any atom is 0.188 e. The molecule has 1 aromatic carbocycles. The molecule has 0 aliphatic heterocycles. The first-order valence-electron chi connectivity index (χ1n) is 7.81. The summed E-state index contributed by atoms with van der Waals surface area (Å²) in [4.78, 5) is 6.68. The Morgan fingerprint density at radius 1 is 1.33 bits per heavy atom. The molecule has 0 unspecified atom stereocenters. The highest BCUT2D eigenvalue weighted by molar-refractivity contribution is 5.77. The highest BCUT2D eigenvalue weighted by Gasteiger charge is 2.00. The predicted octanol–water partition coefficient (Wildman–Crippen LogP) is 2.59.